The van der Waals surface area contributed by atoms with Crippen LogP contribution in [-0.2, 0) is 16.6 Å². The third-order valence-corrected chi connectivity index (χ3v) is 5.78. The Kier molecular flexibility index (Phi) is 4.43. The van der Waals surface area contributed by atoms with Gasteiger partial charge in [-0.05, 0) is 39.5 Å². The molecule has 0 bridgehead atoms. The van der Waals surface area contributed by atoms with E-state index in [1.54, 1.807) is 11.4 Å². The number of nitrogen functional groups attached to an aromatic ring is 1. The van der Waals surface area contributed by atoms with Gasteiger partial charge in [-0.15, -0.1) is 11.3 Å². The molecular formula is C11H9BrF2N2O2S2. The third kappa shape index (κ3) is 3.17. The van der Waals surface area contributed by atoms with Crippen LogP contribution in [0.25, 0.3) is 0 Å². The molecule has 2 aromatic rings. The molecule has 0 atom stereocenters. The predicted octanol–water partition coefficient (Wildman–Crippen LogP) is 2.85. The summed E-state index contributed by atoms with van der Waals surface area (Å²) in [7, 11) is -4.30. The lowest BCUT2D eigenvalue weighted by atomic mass is 10.3. The lowest BCUT2D eigenvalue weighted by Gasteiger charge is -2.09. The van der Waals surface area contributed by atoms with Gasteiger partial charge in [0, 0.05) is 21.6 Å². The van der Waals surface area contributed by atoms with Crippen LogP contribution in [0.5, 0.6) is 0 Å². The molecule has 0 spiro atoms. The van der Waals surface area contributed by atoms with E-state index in [4.69, 9.17) is 5.73 Å². The number of rotatable bonds is 4. The SMILES string of the molecule is Nc1cc(F)c(S(=O)(=O)NCc2sccc2Br)c(F)c1. The molecule has 0 saturated carbocycles. The van der Waals surface area contributed by atoms with E-state index in [2.05, 4.69) is 20.7 Å². The number of thiophene rings is 1. The van der Waals surface area contributed by atoms with Crippen molar-refractivity contribution in [2.75, 3.05) is 5.73 Å². The summed E-state index contributed by atoms with van der Waals surface area (Å²) in [6.45, 7) is -0.0656. The van der Waals surface area contributed by atoms with Crippen molar-refractivity contribution in [1.29, 1.82) is 0 Å². The van der Waals surface area contributed by atoms with Crippen LogP contribution < -0.4 is 10.5 Å². The summed E-state index contributed by atoms with van der Waals surface area (Å²) in [5.74, 6) is -2.44. The number of nitrogens with one attached hydrogen (secondary N) is 1. The minimum Gasteiger partial charge on any atom is -0.399 e. The zero-order chi connectivity index (χ0) is 14.9. The highest BCUT2D eigenvalue weighted by atomic mass is 79.9. The zero-order valence-corrected chi connectivity index (χ0v) is 13.1. The lowest BCUT2D eigenvalue weighted by molar-refractivity contribution is 0.515. The van der Waals surface area contributed by atoms with Gasteiger partial charge in [-0.1, -0.05) is 0 Å². The maximum Gasteiger partial charge on any atom is 0.246 e. The number of benzene rings is 1. The van der Waals surface area contributed by atoms with Crippen molar-refractivity contribution in [2.24, 2.45) is 0 Å². The van der Waals surface area contributed by atoms with Gasteiger partial charge in [0.1, 0.15) is 11.6 Å². The van der Waals surface area contributed by atoms with Crippen LogP contribution in [0.1, 0.15) is 4.88 Å². The van der Waals surface area contributed by atoms with E-state index < -0.39 is 26.6 Å². The number of halogens is 3. The summed E-state index contributed by atoms with van der Waals surface area (Å²) >= 11 is 4.55. The quantitative estimate of drug-likeness (QED) is 0.798. The molecular weight excluding hydrogens is 374 g/mol. The minimum atomic E-state index is -4.30. The molecule has 3 N–H and O–H groups in total. The molecule has 9 heteroatoms. The molecule has 1 heterocycles. The van der Waals surface area contributed by atoms with Gasteiger partial charge in [0.15, 0.2) is 4.90 Å². The molecule has 1 aromatic carbocycles. The van der Waals surface area contributed by atoms with Gasteiger partial charge >= 0.3 is 0 Å². The topological polar surface area (TPSA) is 72.2 Å². The highest BCUT2D eigenvalue weighted by Gasteiger charge is 2.24. The summed E-state index contributed by atoms with van der Waals surface area (Å²) in [6, 6.07) is 3.27. The van der Waals surface area contributed by atoms with E-state index >= 15 is 0 Å². The Balaban J connectivity index is 2.30. The normalized spacial score (nSPS) is 11.8. The molecule has 2 rings (SSSR count). The molecule has 0 aliphatic rings. The molecule has 0 radical (unpaired) electrons. The van der Waals surface area contributed by atoms with Crippen molar-refractivity contribution in [3.8, 4) is 0 Å². The Labute approximate surface area is 126 Å². The van der Waals surface area contributed by atoms with Crippen LogP contribution in [0, 0.1) is 11.6 Å². The second kappa shape index (κ2) is 5.76. The van der Waals surface area contributed by atoms with E-state index in [-0.39, 0.29) is 12.2 Å². The predicted molar refractivity (Wildman–Crippen MR) is 76.8 cm³/mol. The number of hydrogen-bond acceptors (Lipinski definition) is 4. The Bertz CT molecular complexity index is 724. The molecule has 0 aliphatic carbocycles. The summed E-state index contributed by atoms with van der Waals surface area (Å²) in [5, 5.41) is 1.76. The average molecular weight is 383 g/mol. The maximum absolute atomic E-state index is 13.6. The number of nitrogens with two attached hydrogens (primary N) is 1. The fourth-order valence-electron chi connectivity index (χ4n) is 1.52. The van der Waals surface area contributed by atoms with Gasteiger partial charge in [-0.3, -0.25) is 0 Å². The number of sulfonamides is 1. The first-order valence-corrected chi connectivity index (χ1v) is 8.43. The lowest BCUT2D eigenvalue weighted by Crippen LogP contribution is -2.25. The Morgan fingerprint density at radius 1 is 1.30 bits per heavy atom. The van der Waals surface area contributed by atoms with Crippen molar-refractivity contribution in [3.63, 3.8) is 0 Å². The summed E-state index contributed by atoms with van der Waals surface area (Å²) in [6.07, 6.45) is 0. The van der Waals surface area contributed by atoms with Gasteiger partial charge in [0.2, 0.25) is 10.0 Å². The smallest absolute Gasteiger partial charge is 0.246 e. The van der Waals surface area contributed by atoms with Crippen molar-refractivity contribution < 1.29 is 17.2 Å². The Morgan fingerprint density at radius 3 is 2.40 bits per heavy atom. The van der Waals surface area contributed by atoms with E-state index in [1.165, 1.54) is 11.3 Å². The fourth-order valence-corrected chi connectivity index (χ4v) is 4.15. The highest BCUT2D eigenvalue weighted by molar-refractivity contribution is 9.10. The Hall–Kier alpha value is -1.03. The molecule has 20 heavy (non-hydrogen) atoms. The zero-order valence-electron chi connectivity index (χ0n) is 9.86. The van der Waals surface area contributed by atoms with E-state index in [1.807, 2.05) is 0 Å². The first-order valence-electron chi connectivity index (χ1n) is 5.27. The van der Waals surface area contributed by atoms with Crippen LogP contribution >= 0.6 is 27.3 Å². The van der Waals surface area contributed by atoms with Gasteiger partial charge < -0.3 is 5.73 Å². The van der Waals surface area contributed by atoms with Crippen LogP contribution in [0.3, 0.4) is 0 Å². The van der Waals surface area contributed by atoms with Crippen molar-refractivity contribution >= 4 is 43.0 Å². The third-order valence-electron chi connectivity index (χ3n) is 2.40. The molecule has 0 amide bonds. The Morgan fingerprint density at radius 2 is 1.90 bits per heavy atom. The van der Waals surface area contributed by atoms with Crippen LogP contribution in [-0.4, -0.2) is 8.42 Å². The maximum atomic E-state index is 13.6. The first-order chi connectivity index (χ1) is 9.31. The van der Waals surface area contributed by atoms with Crippen LogP contribution in [0.2, 0.25) is 0 Å². The average Bonchev–Trinajstić information content (AvgIpc) is 2.70. The van der Waals surface area contributed by atoms with Gasteiger partial charge in [0.05, 0.1) is 0 Å². The molecule has 0 fully saturated rings. The molecule has 108 valence electrons. The van der Waals surface area contributed by atoms with Crippen LogP contribution in [0.15, 0.2) is 32.9 Å². The monoisotopic (exact) mass is 382 g/mol. The van der Waals surface area contributed by atoms with E-state index in [0.29, 0.717) is 4.88 Å². The standard InChI is InChI=1S/C11H9BrF2N2O2S2/c12-7-1-2-19-10(7)5-16-20(17,18)11-8(13)3-6(15)4-9(11)14/h1-4,16H,5,15H2. The molecule has 0 unspecified atom stereocenters. The number of hydrogen-bond donors (Lipinski definition) is 2. The summed E-state index contributed by atoms with van der Waals surface area (Å²) < 4.78 is 54.0. The van der Waals surface area contributed by atoms with Crippen molar-refractivity contribution in [2.45, 2.75) is 11.4 Å². The largest absolute Gasteiger partial charge is 0.399 e. The van der Waals surface area contributed by atoms with E-state index in [9.17, 15) is 17.2 Å². The minimum absolute atomic E-state index is 0.0656. The van der Waals surface area contributed by atoms with Crippen molar-refractivity contribution in [1.82, 2.24) is 4.72 Å². The highest BCUT2D eigenvalue weighted by Crippen LogP contribution is 2.25. The summed E-state index contributed by atoms with van der Waals surface area (Å²) in [4.78, 5) is -0.329. The fraction of sp³-hybridized carbons (Fsp3) is 0.0909. The van der Waals surface area contributed by atoms with Gasteiger partial charge in [-0.2, -0.15) is 0 Å². The van der Waals surface area contributed by atoms with Crippen LogP contribution in [0.4, 0.5) is 14.5 Å². The molecule has 0 saturated heterocycles. The summed E-state index contributed by atoms with van der Waals surface area (Å²) in [5.41, 5.74) is 5.06. The molecule has 1 aromatic heterocycles. The second-order valence-corrected chi connectivity index (χ2v) is 7.39. The van der Waals surface area contributed by atoms with Gasteiger partial charge in [-0.25, -0.2) is 21.9 Å². The van der Waals surface area contributed by atoms with Gasteiger partial charge in [0.25, 0.3) is 0 Å². The molecule has 4 nitrogen and oxygen atoms in total. The van der Waals surface area contributed by atoms with E-state index in [0.717, 1.165) is 16.6 Å². The molecule has 0 aliphatic heterocycles. The number of anilines is 1. The first kappa shape index (κ1) is 15.4. The van der Waals surface area contributed by atoms with Crippen molar-refractivity contribution in [3.05, 3.63) is 44.6 Å². The second-order valence-electron chi connectivity index (χ2n) is 3.83.